The van der Waals surface area contributed by atoms with Gasteiger partial charge in [-0.15, -0.1) is 0 Å². The number of rotatable bonds is 4. The van der Waals surface area contributed by atoms with Crippen LogP contribution in [0.15, 0.2) is 27.2 Å². The van der Waals surface area contributed by atoms with Gasteiger partial charge in [0.1, 0.15) is 5.75 Å². The van der Waals surface area contributed by atoms with Crippen LogP contribution in [0.25, 0.3) is 11.5 Å². The molecule has 96 valence electrons. The Morgan fingerprint density at radius 3 is 2.89 bits per heavy atom. The number of phenolic OH excluding ortho intramolecular Hbond substituents is 1. The van der Waals surface area contributed by atoms with Crippen LogP contribution in [0.5, 0.6) is 5.75 Å². The maximum absolute atomic E-state index is 9.81. The fraction of sp³-hybridized carbons (Fsp3) is 0.333. The molecule has 1 aromatic carbocycles. The summed E-state index contributed by atoms with van der Waals surface area (Å²) in [5, 5.41) is 14.2. The predicted octanol–water partition coefficient (Wildman–Crippen LogP) is 3.85. The van der Waals surface area contributed by atoms with Gasteiger partial charge in [0.25, 0.3) is 5.89 Å². The molecule has 1 aromatic heterocycles. The molecule has 0 amide bonds. The summed E-state index contributed by atoms with van der Waals surface area (Å²) in [5.41, 5.74) is 0.548. The Bertz CT molecular complexity index is 543. The summed E-state index contributed by atoms with van der Waals surface area (Å²) in [4.78, 5) is 4.27. The van der Waals surface area contributed by atoms with Crippen LogP contribution in [0.1, 0.15) is 19.7 Å². The molecule has 0 saturated carbocycles. The lowest BCUT2D eigenvalue weighted by molar-refractivity contribution is 0.419. The lowest BCUT2D eigenvalue weighted by Crippen LogP contribution is -1.90. The summed E-state index contributed by atoms with van der Waals surface area (Å²) in [6, 6.07) is 5.16. The summed E-state index contributed by atoms with van der Waals surface area (Å²) < 4.78 is 5.96. The molecular formula is C12H13BrN2O2S. The highest BCUT2D eigenvalue weighted by Gasteiger charge is 2.13. The number of aromatic hydroxyl groups is 1. The Morgan fingerprint density at radius 1 is 1.44 bits per heavy atom. The van der Waals surface area contributed by atoms with Crippen molar-refractivity contribution >= 4 is 27.7 Å². The molecule has 2 rings (SSSR count). The average molecular weight is 329 g/mol. The summed E-state index contributed by atoms with van der Waals surface area (Å²) in [7, 11) is 0. The van der Waals surface area contributed by atoms with Crippen molar-refractivity contribution in [2.45, 2.75) is 24.9 Å². The Balaban J connectivity index is 2.18. The SMILES string of the molecule is CC(C)SCc1noc(-c2ccc(Br)cc2O)n1. The van der Waals surface area contributed by atoms with E-state index in [1.165, 1.54) is 0 Å². The van der Waals surface area contributed by atoms with Crippen LogP contribution < -0.4 is 0 Å². The van der Waals surface area contributed by atoms with Crippen molar-refractivity contribution in [2.75, 3.05) is 0 Å². The van der Waals surface area contributed by atoms with Gasteiger partial charge in [-0.1, -0.05) is 34.9 Å². The third-order valence-corrected chi connectivity index (χ3v) is 3.79. The molecule has 0 saturated heterocycles. The summed E-state index contributed by atoms with van der Waals surface area (Å²) in [5.74, 6) is 1.82. The number of aromatic nitrogens is 2. The molecule has 0 aliphatic heterocycles. The third-order valence-electron chi connectivity index (χ3n) is 2.20. The summed E-state index contributed by atoms with van der Waals surface area (Å²) in [6.45, 7) is 4.23. The Kier molecular flexibility index (Phi) is 4.29. The van der Waals surface area contributed by atoms with Crippen molar-refractivity contribution in [3.63, 3.8) is 0 Å². The summed E-state index contributed by atoms with van der Waals surface area (Å²) >= 11 is 5.03. The van der Waals surface area contributed by atoms with Crippen LogP contribution in [0.4, 0.5) is 0 Å². The topological polar surface area (TPSA) is 59.2 Å². The zero-order valence-corrected chi connectivity index (χ0v) is 12.5. The first-order valence-electron chi connectivity index (χ1n) is 5.49. The Hall–Kier alpha value is -1.01. The second-order valence-electron chi connectivity index (χ2n) is 4.04. The Labute approximate surface area is 118 Å². The highest BCUT2D eigenvalue weighted by atomic mass is 79.9. The van der Waals surface area contributed by atoms with E-state index in [0.717, 1.165) is 4.47 Å². The van der Waals surface area contributed by atoms with Gasteiger partial charge < -0.3 is 9.63 Å². The number of phenols is 1. The molecule has 2 aromatic rings. The van der Waals surface area contributed by atoms with Gasteiger partial charge in [-0.3, -0.25) is 0 Å². The molecule has 0 bridgehead atoms. The zero-order chi connectivity index (χ0) is 13.1. The lowest BCUT2D eigenvalue weighted by Gasteiger charge is -2.00. The number of thioether (sulfide) groups is 1. The average Bonchev–Trinajstić information content (AvgIpc) is 2.75. The fourth-order valence-corrected chi connectivity index (χ4v) is 2.30. The second kappa shape index (κ2) is 5.75. The van der Waals surface area contributed by atoms with Gasteiger partial charge in [0.15, 0.2) is 5.82 Å². The molecular weight excluding hydrogens is 316 g/mol. The van der Waals surface area contributed by atoms with Crippen LogP contribution >= 0.6 is 27.7 Å². The lowest BCUT2D eigenvalue weighted by atomic mass is 10.2. The van der Waals surface area contributed by atoms with Gasteiger partial charge in [0, 0.05) is 4.47 Å². The first kappa shape index (κ1) is 13.4. The van der Waals surface area contributed by atoms with E-state index in [1.807, 2.05) is 6.07 Å². The molecule has 1 N–H and O–H groups in total. The van der Waals surface area contributed by atoms with Crippen molar-refractivity contribution in [2.24, 2.45) is 0 Å². The molecule has 0 spiro atoms. The molecule has 6 heteroatoms. The summed E-state index contributed by atoms with van der Waals surface area (Å²) in [6.07, 6.45) is 0. The van der Waals surface area contributed by atoms with E-state index in [1.54, 1.807) is 23.9 Å². The highest BCUT2D eigenvalue weighted by Crippen LogP contribution is 2.30. The minimum Gasteiger partial charge on any atom is -0.507 e. The van der Waals surface area contributed by atoms with Crippen molar-refractivity contribution < 1.29 is 9.63 Å². The quantitative estimate of drug-likeness (QED) is 0.923. The maximum Gasteiger partial charge on any atom is 0.261 e. The van der Waals surface area contributed by atoms with Gasteiger partial charge >= 0.3 is 0 Å². The van der Waals surface area contributed by atoms with E-state index in [4.69, 9.17) is 4.52 Å². The van der Waals surface area contributed by atoms with Crippen molar-refractivity contribution in [1.82, 2.24) is 10.1 Å². The number of hydrogen-bond donors (Lipinski definition) is 1. The largest absolute Gasteiger partial charge is 0.507 e. The van der Waals surface area contributed by atoms with Gasteiger partial charge in [-0.05, 0) is 23.4 Å². The van der Waals surface area contributed by atoms with Crippen LogP contribution in [-0.4, -0.2) is 20.5 Å². The number of nitrogens with zero attached hydrogens (tertiary/aromatic N) is 2. The standard InChI is InChI=1S/C12H13BrN2O2S/c1-7(2)18-6-11-14-12(17-15-11)9-4-3-8(13)5-10(9)16/h3-5,7,16H,6H2,1-2H3. The fourth-order valence-electron chi connectivity index (χ4n) is 1.35. The van der Waals surface area contributed by atoms with Crippen molar-refractivity contribution in [1.29, 1.82) is 0 Å². The van der Waals surface area contributed by atoms with Crippen LogP contribution in [0.3, 0.4) is 0 Å². The number of benzene rings is 1. The molecule has 0 unspecified atom stereocenters. The van der Waals surface area contributed by atoms with Crippen LogP contribution in [-0.2, 0) is 5.75 Å². The molecule has 0 aliphatic rings. The highest BCUT2D eigenvalue weighted by molar-refractivity contribution is 9.10. The van der Waals surface area contributed by atoms with Gasteiger partial charge in [0.05, 0.1) is 11.3 Å². The molecule has 0 atom stereocenters. The molecule has 18 heavy (non-hydrogen) atoms. The van der Waals surface area contributed by atoms with Gasteiger partial charge in [0.2, 0.25) is 0 Å². The van der Waals surface area contributed by atoms with E-state index in [9.17, 15) is 5.11 Å². The van der Waals surface area contributed by atoms with Crippen molar-refractivity contribution in [3.8, 4) is 17.2 Å². The number of hydrogen-bond acceptors (Lipinski definition) is 5. The van der Waals surface area contributed by atoms with Gasteiger partial charge in [-0.2, -0.15) is 16.7 Å². The first-order chi connectivity index (χ1) is 8.56. The number of halogens is 1. The molecule has 0 radical (unpaired) electrons. The van der Waals surface area contributed by atoms with Gasteiger partial charge in [-0.25, -0.2) is 0 Å². The predicted molar refractivity (Wildman–Crippen MR) is 75.5 cm³/mol. The third kappa shape index (κ3) is 3.26. The minimum atomic E-state index is 0.121. The minimum absolute atomic E-state index is 0.121. The Morgan fingerprint density at radius 2 is 2.22 bits per heavy atom. The van der Waals surface area contributed by atoms with Crippen LogP contribution in [0.2, 0.25) is 0 Å². The monoisotopic (exact) mass is 328 g/mol. The second-order valence-corrected chi connectivity index (χ2v) is 6.52. The molecule has 4 nitrogen and oxygen atoms in total. The van der Waals surface area contributed by atoms with E-state index in [0.29, 0.717) is 28.3 Å². The van der Waals surface area contributed by atoms with E-state index in [2.05, 4.69) is 39.9 Å². The van der Waals surface area contributed by atoms with Crippen molar-refractivity contribution in [3.05, 3.63) is 28.5 Å². The zero-order valence-electron chi connectivity index (χ0n) is 10.1. The van der Waals surface area contributed by atoms with Crippen LogP contribution in [0, 0.1) is 0 Å². The molecule has 0 aliphatic carbocycles. The normalized spacial score (nSPS) is 11.1. The van der Waals surface area contributed by atoms with E-state index < -0.39 is 0 Å². The smallest absolute Gasteiger partial charge is 0.261 e. The maximum atomic E-state index is 9.81. The van der Waals surface area contributed by atoms with E-state index in [-0.39, 0.29) is 5.75 Å². The van der Waals surface area contributed by atoms with E-state index >= 15 is 0 Å². The first-order valence-corrected chi connectivity index (χ1v) is 7.33. The molecule has 1 heterocycles. The molecule has 0 fully saturated rings.